The molecule has 4 aliphatic carbocycles. The molecule has 7 aliphatic rings. The van der Waals surface area contributed by atoms with Crippen molar-refractivity contribution in [2.24, 2.45) is 52.3 Å². The third kappa shape index (κ3) is 13.7. The van der Waals surface area contributed by atoms with E-state index in [0.717, 1.165) is 5.57 Å². The highest BCUT2D eigenvalue weighted by atomic mass is 19.1. The maximum absolute atomic E-state index is 17.7. The predicted octanol–water partition coefficient (Wildman–Crippen LogP) is 6.15. The minimum absolute atomic E-state index is 0.0607. The van der Waals surface area contributed by atoms with Crippen molar-refractivity contribution in [1.29, 1.82) is 0 Å². The third-order valence-corrected chi connectivity index (χ3v) is 22.2. The van der Waals surface area contributed by atoms with Crippen molar-refractivity contribution in [1.82, 2.24) is 20.4 Å². The second-order valence-corrected chi connectivity index (χ2v) is 28.6. The summed E-state index contributed by atoms with van der Waals surface area (Å²) in [6.45, 7) is 26.8. The van der Waals surface area contributed by atoms with Gasteiger partial charge in [0.15, 0.2) is 30.1 Å². The molecule has 2 amide bonds. The van der Waals surface area contributed by atoms with E-state index >= 15 is 4.39 Å². The summed E-state index contributed by atoms with van der Waals surface area (Å²) in [5.41, 5.74) is -7.77. The minimum atomic E-state index is -1.98. The van der Waals surface area contributed by atoms with Crippen LogP contribution in [0.5, 0.6) is 0 Å². The Morgan fingerprint density at radius 1 is 0.884 bits per heavy atom. The fraction of sp³-hybridized carbons (Fsp3) is 0.877. The molecule has 86 heavy (non-hydrogen) atoms. The van der Waals surface area contributed by atoms with Gasteiger partial charge < -0.3 is 74.2 Å². The molecule has 0 aromatic heterocycles. The Bertz CT molecular complexity index is 2430. The van der Waals surface area contributed by atoms with Crippen LogP contribution in [-0.2, 0) is 47.5 Å². The lowest BCUT2D eigenvalue weighted by Gasteiger charge is -2.61. The van der Waals surface area contributed by atoms with Gasteiger partial charge in [-0.1, -0.05) is 53.2 Å². The van der Waals surface area contributed by atoms with Crippen LogP contribution in [0.25, 0.3) is 0 Å². The van der Waals surface area contributed by atoms with Crippen LogP contribution in [-0.4, -0.2) is 209 Å². The highest BCUT2D eigenvalue weighted by Crippen LogP contribution is 2.70. The zero-order valence-electron chi connectivity index (χ0n) is 54.7. The number of halogens is 1. The van der Waals surface area contributed by atoms with Crippen LogP contribution in [0.3, 0.4) is 0 Å². The largest absolute Gasteiger partial charge is 0.459 e. The lowest BCUT2D eigenvalue weighted by atomic mass is 9.45. The lowest BCUT2D eigenvalue weighted by Crippen LogP contribution is -2.67. The molecule has 7 rings (SSSR count). The molecule has 3 saturated carbocycles. The number of rotatable bonds is 15. The standard InChI is InChI=1S/C65H109FN4O16/c1-18-48-64(14,79)55(86-59(77)68-27-21-20-26-67-56(75)50-36(4)28-45-44-23-22-42-30-43(71)24-25-61(42,11)65(44,66)47(72)32-60(45,50)10)40(8)70(16)34-35(3)31-62(12,78)54(85-58-51(73)46(69(15)19-2)29-37(5)81-58)38(6)52(39(7)57(76)83-48)84-49-33-63(13,80-17)53(74)41(9)82-49/h24-25,30,35-41,44-55,58,72-74,78-79H,18-23,26-29,31-34H2,1-17H3,(H,67,75)(H,68,77)/t35-,36-,37-,38+,39-,40-,41+,44?,45?,46+,47+,48-,49+,50-,51-,52+,53+,54-,55?,58+,60+,61+,62-,63-,64-,65+/m1/s1. The number of ketones is 1. The number of methoxy groups -OCH3 is 1. The van der Waals surface area contributed by atoms with Crippen molar-refractivity contribution < 1.29 is 82.3 Å². The summed E-state index contributed by atoms with van der Waals surface area (Å²) in [5.74, 6) is -4.47. The molecule has 0 aromatic rings. The van der Waals surface area contributed by atoms with Gasteiger partial charge in [-0.25, -0.2) is 9.18 Å². The van der Waals surface area contributed by atoms with Crippen molar-refractivity contribution in [3.05, 3.63) is 23.8 Å². The monoisotopic (exact) mass is 1220 g/mol. The quantitative estimate of drug-likeness (QED) is 0.0716. The van der Waals surface area contributed by atoms with E-state index in [4.69, 9.17) is 33.2 Å². The van der Waals surface area contributed by atoms with Gasteiger partial charge >= 0.3 is 12.1 Å². The summed E-state index contributed by atoms with van der Waals surface area (Å²) in [5, 5.41) is 66.5. The van der Waals surface area contributed by atoms with E-state index in [1.54, 1.807) is 54.5 Å². The number of unbranched alkanes of at least 4 members (excludes halogenated alkanes) is 1. The minimum Gasteiger partial charge on any atom is -0.459 e. The van der Waals surface area contributed by atoms with Gasteiger partial charge in [0.1, 0.15) is 23.9 Å². The number of allylic oxidation sites excluding steroid dienone is 4. The number of aliphatic hydroxyl groups excluding tert-OH is 3. The van der Waals surface area contributed by atoms with Crippen molar-refractivity contribution in [2.45, 2.75) is 263 Å². The lowest BCUT2D eigenvalue weighted by molar-refractivity contribution is -0.318. The Balaban J connectivity index is 1.05. The Kier molecular flexibility index (Phi) is 22.3. The first-order chi connectivity index (χ1) is 40.1. The number of esters is 1. The number of alkyl halides is 1. The Morgan fingerprint density at radius 2 is 1.55 bits per heavy atom. The molecule has 3 aliphatic heterocycles. The van der Waals surface area contributed by atoms with Gasteiger partial charge in [0.2, 0.25) is 5.91 Å². The molecule has 0 aromatic carbocycles. The maximum Gasteiger partial charge on any atom is 0.407 e. The van der Waals surface area contributed by atoms with Gasteiger partial charge in [0.25, 0.3) is 0 Å². The summed E-state index contributed by atoms with van der Waals surface area (Å²) >= 11 is 0. The van der Waals surface area contributed by atoms with E-state index in [2.05, 4.69) is 10.6 Å². The first-order valence-corrected chi connectivity index (χ1v) is 32.2. The Labute approximate surface area is 511 Å². The van der Waals surface area contributed by atoms with Crippen LogP contribution in [0.1, 0.15) is 161 Å². The number of hydrogen-bond donors (Lipinski definition) is 7. The van der Waals surface area contributed by atoms with Gasteiger partial charge in [-0.3, -0.25) is 19.3 Å². The summed E-state index contributed by atoms with van der Waals surface area (Å²) in [7, 11) is 5.25. The molecule has 492 valence electrons. The van der Waals surface area contributed by atoms with E-state index in [9.17, 15) is 44.7 Å². The molecular formula is C65H109FN4O16. The Morgan fingerprint density at radius 3 is 2.19 bits per heavy atom. The summed E-state index contributed by atoms with van der Waals surface area (Å²) in [6, 6.07) is -1.01. The zero-order chi connectivity index (χ0) is 64.0. The number of likely N-dealkylation sites (N-methyl/N-ethyl adjacent to an activating group) is 2. The zero-order valence-corrected chi connectivity index (χ0v) is 54.7. The SMILES string of the molecule is CC[C@H]1OC(=O)[C@H](C)[C@@H](O[C@H]2C[C@@](C)(OC)[C@@H](O)[C@H](C)O2)[C@H](C)[C@@H](O[C@@H]2O[C@H](C)C[C@H](N(C)CC)[C@H]2O)[C@](C)(O)C[C@@H](C)CN(C)[C@H](C)C(OC(=O)NCCCCNC(=O)[C@H]2[C@H](C)CC3C4CCC5=CC(=O)C=C[C@]5(C)[C@@]4(F)[C@@H](O)C[C@@]32C)[C@]1(C)O. The van der Waals surface area contributed by atoms with Crippen LogP contribution in [0.2, 0.25) is 0 Å². The predicted molar refractivity (Wildman–Crippen MR) is 320 cm³/mol. The molecule has 3 heterocycles. The molecule has 21 heteroatoms. The molecule has 3 saturated heterocycles. The number of nitrogens with zero attached hydrogens (tertiary/aromatic N) is 2. The average Bonchev–Trinajstić information content (AvgIpc) is 1.25. The molecule has 7 N–H and O–H groups in total. The van der Waals surface area contributed by atoms with Gasteiger partial charge in [-0.2, -0.15) is 0 Å². The maximum atomic E-state index is 17.7. The molecule has 0 spiro atoms. The van der Waals surface area contributed by atoms with E-state index in [1.165, 1.54) is 26.2 Å². The molecule has 26 atom stereocenters. The van der Waals surface area contributed by atoms with Crippen LogP contribution >= 0.6 is 0 Å². The molecule has 3 unspecified atom stereocenters. The average molecular weight is 1220 g/mol. The molecule has 0 radical (unpaired) electrons. The second-order valence-electron chi connectivity index (χ2n) is 28.6. The topological polar surface area (TPSA) is 265 Å². The summed E-state index contributed by atoms with van der Waals surface area (Å²) in [6.07, 6.45) is -4.10. The van der Waals surface area contributed by atoms with Gasteiger partial charge in [0, 0.05) is 68.4 Å². The van der Waals surface area contributed by atoms with E-state index < -0.39 is 136 Å². The van der Waals surface area contributed by atoms with E-state index in [1.807, 2.05) is 65.4 Å². The number of amides is 2. The number of fused-ring (bicyclic) bond motifs is 5. The first-order valence-electron chi connectivity index (χ1n) is 32.2. The normalized spacial score (nSPS) is 47.1. The van der Waals surface area contributed by atoms with E-state index in [-0.39, 0.29) is 73.8 Å². The number of ether oxygens (including phenoxy) is 7. The van der Waals surface area contributed by atoms with E-state index in [0.29, 0.717) is 58.2 Å². The van der Waals surface area contributed by atoms with Crippen LogP contribution in [0.4, 0.5) is 9.18 Å². The molecule has 20 nitrogen and oxygen atoms in total. The Hall–Kier alpha value is -3.19. The van der Waals surface area contributed by atoms with Gasteiger partial charge in [0.05, 0.1) is 47.6 Å². The van der Waals surface area contributed by atoms with Crippen LogP contribution < -0.4 is 10.6 Å². The third-order valence-electron chi connectivity index (χ3n) is 22.2. The summed E-state index contributed by atoms with van der Waals surface area (Å²) < 4.78 is 62.4. The van der Waals surface area contributed by atoms with Crippen molar-refractivity contribution in [2.75, 3.05) is 47.4 Å². The first kappa shape index (κ1) is 70.3. The number of aliphatic hydroxyl groups is 5. The number of alkyl carbamates (subject to hydrolysis) is 1. The smallest absolute Gasteiger partial charge is 0.407 e. The number of hydrogen-bond acceptors (Lipinski definition) is 18. The highest BCUT2D eigenvalue weighted by Gasteiger charge is 2.72. The molecular weight excluding hydrogens is 1110 g/mol. The number of carbonyl (C=O) groups excluding carboxylic acids is 4. The van der Waals surface area contributed by atoms with Crippen molar-refractivity contribution in [3.63, 3.8) is 0 Å². The number of nitrogens with one attached hydrogen (secondary N) is 2. The summed E-state index contributed by atoms with van der Waals surface area (Å²) in [4.78, 5) is 59.3. The highest BCUT2D eigenvalue weighted by molar-refractivity contribution is 6.01. The fourth-order valence-corrected chi connectivity index (χ4v) is 17.2. The van der Waals surface area contributed by atoms with Crippen molar-refractivity contribution >= 4 is 23.8 Å². The number of cyclic esters (lactones) is 1. The van der Waals surface area contributed by atoms with Crippen LogP contribution in [0.15, 0.2) is 23.8 Å². The molecule has 0 bridgehead atoms. The van der Waals surface area contributed by atoms with Crippen molar-refractivity contribution in [3.8, 4) is 0 Å². The second kappa shape index (κ2) is 27.3. The van der Waals surface area contributed by atoms with Crippen LogP contribution in [0, 0.1) is 52.3 Å². The van der Waals surface area contributed by atoms with Gasteiger partial charge in [-0.05, 0) is 169 Å². The number of carbonyl (C=O) groups is 4. The molecule has 6 fully saturated rings. The van der Waals surface area contributed by atoms with Gasteiger partial charge in [-0.15, -0.1) is 0 Å². The fourth-order valence-electron chi connectivity index (χ4n) is 17.2.